The van der Waals surface area contributed by atoms with Crippen LogP contribution in [-0.2, 0) is 60.5 Å². The van der Waals surface area contributed by atoms with Crippen molar-refractivity contribution in [2.24, 2.45) is 0 Å². The fourth-order valence-corrected chi connectivity index (χ4v) is 0.313. The van der Waals surface area contributed by atoms with Crippen molar-refractivity contribution in [3.05, 3.63) is 30.6 Å². The van der Waals surface area contributed by atoms with Gasteiger partial charge in [-0.05, 0) is 12.1 Å². The summed E-state index contributed by atoms with van der Waals surface area (Å²) in [5.41, 5.74) is 0. The second kappa shape index (κ2) is 16.4. The topological polar surface area (TPSA) is 12.9 Å². The number of hydrogen-bond acceptors (Lipinski definition) is 3. The molecular formula is C5H7Co2NS2-2. The van der Waals surface area contributed by atoms with Gasteiger partial charge in [0.05, 0.1) is 0 Å². The molecule has 1 nitrogen and oxygen atoms in total. The Bertz CT molecular complexity index is 89.6. The third-order valence-corrected chi connectivity index (χ3v) is 0.566. The van der Waals surface area contributed by atoms with Gasteiger partial charge in [-0.15, -0.1) is 0 Å². The Morgan fingerprint density at radius 2 is 1.10 bits per heavy atom. The zero-order valence-electron chi connectivity index (χ0n) is 4.90. The van der Waals surface area contributed by atoms with Crippen molar-refractivity contribution in [1.29, 1.82) is 0 Å². The van der Waals surface area contributed by atoms with E-state index >= 15 is 0 Å². The van der Waals surface area contributed by atoms with Crippen molar-refractivity contribution in [3.8, 4) is 0 Å². The van der Waals surface area contributed by atoms with Crippen molar-refractivity contribution in [2.75, 3.05) is 0 Å². The van der Waals surface area contributed by atoms with E-state index in [-0.39, 0.29) is 60.5 Å². The van der Waals surface area contributed by atoms with Gasteiger partial charge in [0.1, 0.15) is 0 Å². The van der Waals surface area contributed by atoms with Gasteiger partial charge in [0.25, 0.3) is 0 Å². The minimum Gasteiger partial charge on any atom is -0.813 e. The number of pyridine rings is 1. The van der Waals surface area contributed by atoms with E-state index in [1.165, 1.54) is 0 Å². The average Bonchev–Trinajstić information content (AvgIpc) is 1.72. The molecule has 64 valence electrons. The first-order valence-electron chi connectivity index (χ1n) is 1.85. The summed E-state index contributed by atoms with van der Waals surface area (Å²) in [5, 5.41) is 0. The van der Waals surface area contributed by atoms with Crippen LogP contribution in [0.3, 0.4) is 0 Å². The summed E-state index contributed by atoms with van der Waals surface area (Å²) in [6.07, 6.45) is 3.50. The third-order valence-electron chi connectivity index (χ3n) is 0.566. The van der Waals surface area contributed by atoms with E-state index in [0.717, 1.165) is 0 Å². The van der Waals surface area contributed by atoms with E-state index in [1.807, 2.05) is 18.2 Å². The molecule has 1 rings (SSSR count). The Hall–Kier alpha value is 0.863. The van der Waals surface area contributed by atoms with Crippen LogP contribution in [0.4, 0.5) is 0 Å². The molecule has 0 aliphatic carbocycles. The third kappa shape index (κ3) is 11.6. The molecule has 0 amide bonds. The van der Waals surface area contributed by atoms with Crippen LogP contribution in [0.15, 0.2) is 30.6 Å². The molecule has 0 fully saturated rings. The van der Waals surface area contributed by atoms with Crippen LogP contribution in [0.5, 0.6) is 0 Å². The monoisotopic (exact) mass is 263 g/mol. The molecule has 10 heavy (non-hydrogen) atoms. The van der Waals surface area contributed by atoms with Gasteiger partial charge in [0.15, 0.2) is 0 Å². The van der Waals surface area contributed by atoms with Gasteiger partial charge >= 0.3 is 0 Å². The van der Waals surface area contributed by atoms with E-state index in [0.29, 0.717) is 0 Å². The normalized spacial score (nSPS) is 4.80. The molecular weight excluding hydrogens is 256 g/mol. The van der Waals surface area contributed by atoms with Gasteiger partial charge in [0, 0.05) is 46.0 Å². The summed E-state index contributed by atoms with van der Waals surface area (Å²) in [7, 11) is 0. The predicted molar refractivity (Wildman–Crippen MR) is 41.8 cm³/mol. The van der Waals surface area contributed by atoms with Crippen LogP contribution >= 0.6 is 0 Å². The fourth-order valence-electron chi connectivity index (χ4n) is 0.313. The minimum atomic E-state index is 0. The summed E-state index contributed by atoms with van der Waals surface area (Å²) in [6, 6.07) is 5.72. The van der Waals surface area contributed by atoms with Crippen molar-refractivity contribution in [3.63, 3.8) is 0 Å². The van der Waals surface area contributed by atoms with Crippen molar-refractivity contribution in [1.82, 2.24) is 4.98 Å². The zero-order valence-corrected chi connectivity index (χ0v) is 8.77. The Balaban J connectivity index is -0.0000000450. The molecule has 0 aliphatic heterocycles. The number of thiol groups is 2. The maximum absolute atomic E-state index is 3.78. The van der Waals surface area contributed by atoms with Crippen LogP contribution in [0.2, 0.25) is 0 Å². The van der Waals surface area contributed by atoms with Crippen molar-refractivity contribution >= 4 is 27.0 Å². The van der Waals surface area contributed by atoms with Crippen molar-refractivity contribution < 1.29 is 33.6 Å². The summed E-state index contributed by atoms with van der Waals surface area (Å²) in [6.45, 7) is 0. The molecule has 1 heterocycles. The second-order valence-electron chi connectivity index (χ2n) is 1.02. The summed E-state index contributed by atoms with van der Waals surface area (Å²) < 4.78 is 0. The van der Waals surface area contributed by atoms with E-state index in [2.05, 4.69) is 4.98 Å². The molecule has 2 radical (unpaired) electrons. The van der Waals surface area contributed by atoms with Crippen LogP contribution in [0, 0.1) is 0 Å². The Labute approximate surface area is 95.7 Å². The Kier molecular flexibility index (Phi) is 36.9. The quantitative estimate of drug-likeness (QED) is 0.501. The van der Waals surface area contributed by atoms with Crippen molar-refractivity contribution in [2.45, 2.75) is 0 Å². The molecule has 0 saturated carbocycles. The van der Waals surface area contributed by atoms with Crippen LogP contribution in [0.1, 0.15) is 0 Å². The van der Waals surface area contributed by atoms with E-state index in [1.54, 1.807) is 12.4 Å². The first-order valence-corrected chi connectivity index (χ1v) is 1.85. The van der Waals surface area contributed by atoms with E-state index in [9.17, 15) is 0 Å². The number of hydrogen-bond donors (Lipinski definition) is 0. The van der Waals surface area contributed by atoms with Gasteiger partial charge in [-0.2, -0.15) is 0 Å². The molecule has 0 aromatic carbocycles. The molecule has 0 aliphatic rings. The molecule has 5 heteroatoms. The molecule has 0 N–H and O–H groups in total. The minimum absolute atomic E-state index is 0. The maximum Gasteiger partial charge on any atom is 0.0267 e. The molecule has 0 spiro atoms. The van der Waals surface area contributed by atoms with Gasteiger partial charge in [-0.3, -0.25) is 4.98 Å². The second-order valence-corrected chi connectivity index (χ2v) is 1.02. The Morgan fingerprint density at radius 3 is 1.20 bits per heavy atom. The maximum atomic E-state index is 3.78. The van der Waals surface area contributed by atoms with Crippen LogP contribution in [-0.4, -0.2) is 4.98 Å². The summed E-state index contributed by atoms with van der Waals surface area (Å²) in [5.74, 6) is 0. The van der Waals surface area contributed by atoms with Crippen LogP contribution < -0.4 is 0 Å². The standard InChI is InChI=1S/C5H5N.2Co.2H2S/c1-2-4-6-5-3-1;;;;/h1-5H;;;2*1H2/p-2. The Morgan fingerprint density at radius 1 is 0.700 bits per heavy atom. The van der Waals surface area contributed by atoms with E-state index in [4.69, 9.17) is 0 Å². The molecule has 0 unspecified atom stereocenters. The van der Waals surface area contributed by atoms with Gasteiger partial charge in [0.2, 0.25) is 0 Å². The van der Waals surface area contributed by atoms with Crippen LogP contribution in [0.25, 0.3) is 0 Å². The first kappa shape index (κ1) is 22.4. The van der Waals surface area contributed by atoms with Gasteiger partial charge in [-0.1, -0.05) is 6.07 Å². The molecule has 0 saturated heterocycles. The SMILES string of the molecule is [Co].[Co].[SH-].[SH-].c1ccncc1. The molecule has 0 bridgehead atoms. The summed E-state index contributed by atoms with van der Waals surface area (Å²) in [4.78, 5) is 3.78. The fraction of sp³-hybridized carbons (Fsp3) is 0. The predicted octanol–water partition coefficient (Wildman–Crippen LogP) is 0.536. The number of aromatic nitrogens is 1. The van der Waals surface area contributed by atoms with Gasteiger partial charge in [-0.25, -0.2) is 0 Å². The van der Waals surface area contributed by atoms with Gasteiger partial charge < -0.3 is 27.0 Å². The summed E-state index contributed by atoms with van der Waals surface area (Å²) >= 11 is 0. The smallest absolute Gasteiger partial charge is 0.0267 e. The molecule has 1 aromatic rings. The number of nitrogens with zero attached hydrogens (tertiary/aromatic N) is 1. The molecule has 1 aromatic heterocycles. The molecule has 0 atom stereocenters. The van der Waals surface area contributed by atoms with E-state index < -0.39 is 0 Å². The number of rotatable bonds is 0. The first-order chi connectivity index (χ1) is 3.00. The zero-order chi connectivity index (χ0) is 4.24. The largest absolute Gasteiger partial charge is 0.813 e. The average molecular weight is 263 g/mol.